The van der Waals surface area contributed by atoms with Crippen molar-refractivity contribution in [1.29, 1.82) is 0 Å². The lowest BCUT2D eigenvalue weighted by Gasteiger charge is -2.26. The number of nitrogens with one attached hydrogen (secondary N) is 1. The van der Waals surface area contributed by atoms with E-state index in [2.05, 4.69) is 15.5 Å². The van der Waals surface area contributed by atoms with Crippen molar-refractivity contribution in [2.75, 3.05) is 37.4 Å². The fraction of sp³-hybridized carbons (Fsp3) is 0.625. The van der Waals surface area contributed by atoms with Crippen LogP contribution in [0.15, 0.2) is 17.2 Å². The van der Waals surface area contributed by atoms with Crippen molar-refractivity contribution in [1.82, 2.24) is 15.1 Å². The average molecular weight is 350 g/mol. The Hall–Kier alpha value is -1.67. The van der Waals surface area contributed by atoms with Crippen LogP contribution in [0.2, 0.25) is 0 Å². The van der Waals surface area contributed by atoms with E-state index in [1.54, 1.807) is 17.8 Å². The molecule has 1 aromatic heterocycles. The van der Waals surface area contributed by atoms with Crippen molar-refractivity contribution < 1.29 is 14.3 Å². The van der Waals surface area contributed by atoms with Crippen molar-refractivity contribution in [2.45, 2.75) is 30.7 Å². The number of amides is 2. The second-order valence-corrected chi connectivity index (χ2v) is 7.08. The fourth-order valence-electron chi connectivity index (χ4n) is 2.41. The molecule has 0 radical (unpaired) electrons. The van der Waals surface area contributed by atoms with Gasteiger partial charge < -0.3 is 15.0 Å². The Morgan fingerprint density at radius 3 is 2.71 bits per heavy atom. The molecule has 7 nitrogen and oxygen atoms in total. The van der Waals surface area contributed by atoms with Crippen LogP contribution in [0.4, 0.5) is 5.82 Å². The largest absolute Gasteiger partial charge is 0.378 e. The maximum Gasteiger partial charge on any atom is 0.228 e. The summed E-state index contributed by atoms with van der Waals surface area (Å²) in [6, 6.07) is 3.62. The van der Waals surface area contributed by atoms with Gasteiger partial charge in [-0.15, -0.1) is 22.0 Å². The van der Waals surface area contributed by atoms with E-state index in [9.17, 15) is 9.59 Å². The third-order valence-electron chi connectivity index (χ3n) is 3.99. The summed E-state index contributed by atoms with van der Waals surface area (Å²) in [5.74, 6) is 1.71. The summed E-state index contributed by atoms with van der Waals surface area (Å²) < 4.78 is 5.24. The molecule has 1 N–H and O–H groups in total. The van der Waals surface area contributed by atoms with E-state index in [1.165, 1.54) is 0 Å². The molecular weight excluding hydrogens is 328 g/mol. The van der Waals surface area contributed by atoms with Gasteiger partial charge in [-0.3, -0.25) is 9.59 Å². The number of thioether (sulfide) groups is 1. The van der Waals surface area contributed by atoms with Crippen molar-refractivity contribution in [3.8, 4) is 0 Å². The minimum absolute atomic E-state index is 0.0336. The molecule has 130 valence electrons. The number of hydrogen-bond donors (Lipinski definition) is 1. The predicted octanol–water partition coefficient (Wildman–Crippen LogP) is 1.56. The van der Waals surface area contributed by atoms with Gasteiger partial charge in [-0.2, -0.15) is 0 Å². The van der Waals surface area contributed by atoms with E-state index in [0.29, 0.717) is 38.5 Å². The highest BCUT2D eigenvalue weighted by molar-refractivity contribution is 7.99. The van der Waals surface area contributed by atoms with E-state index in [-0.39, 0.29) is 17.7 Å². The molecule has 0 aromatic carbocycles. The Morgan fingerprint density at radius 1 is 1.25 bits per heavy atom. The van der Waals surface area contributed by atoms with E-state index in [1.807, 2.05) is 11.0 Å². The summed E-state index contributed by atoms with van der Waals surface area (Å²) in [7, 11) is 0. The van der Waals surface area contributed by atoms with Crippen LogP contribution in [0.25, 0.3) is 0 Å². The summed E-state index contributed by atoms with van der Waals surface area (Å²) in [6.45, 7) is 2.68. The van der Waals surface area contributed by atoms with Gasteiger partial charge in [-0.25, -0.2) is 0 Å². The highest BCUT2D eigenvalue weighted by Crippen LogP contribution is 2.30. The van der Waals surface area contributed by atoms with E-state index < -0.39 is 0 Å². The number of morpholine rings is 1. The first-order valence-corrected chi connectivity index (χ1v) is 9.34. The monoisotopic (exact) mass is 350 g/mol. The van der Waals surface area contributed by atoms with Gasteiger partial charge in [-0.05, 0) is 31.4 Å². The maximum absolute atomic E-state index is 12.0. The Bertz CT molecular complexity index is 571. The van der Waals surface area contributed by atoms with Gasteiger partial charge in [-0.1, -0.05) is 0 Å². The Balaban J connectivity index is 1.34. The van der Waals surface area contributed by atoms with Gasteiger partial charge in [0, 0.05) is 31.2 Å². The molecule has 2 fully saturated rings. The van der Waals surface area contributed by atoms with E-state index in [4.69, 9.17) is 4.74 Å². The lowest BCUT2D eigenvalue weighted by atomic mass is 10.3. The summed E-state index contributed by atoms with van der Waals surface area (Å²) >= 11 is 1.57. The lowest BCUT2D eigenvalue weighted by Crippen LogP contribution is -2.40. The normalized spacial score (nSPS) is 17.6. The van der Waals surface area contributed by atoms with Crippen LogP contribution in [0.3, 0.4) is 0 Å². The molecule has 1 aliphatic heterocycles. The van der Waals surface area contributed by atoms with Crippen LogP contribution in [-0.2, 0) is 14.3 Å². The second kappa shape index (κ2) is 8.43. The maximum atomic E-state index is 12.0. The quantitative estimate of drug-likeness (QED) is 0.593. The number of anilines is 1. The third kappa shape index (κ3) is 5.17. The van der Waals surface area contributed by atoms with Crippen LogP contribution in [0.1, 0.15) is 25.7 Å². The van der Waals surface area contributed by atoms with E-state index >= 15 is 0 Å². The first kappa shape index (κ1) is 17.2. The molecular formula is C16H22N4O3S. The number of hydrogen-bond acceptors (Lipinski definition) is 6. The first-order valence-electron chi connectivity index (χ1n) is 8.35. The van der Waals surface area contributed by atoms with Gasteiger partial charge in [0.2, 0.25) is 11.8 Å². The molecule has 24 heavy (non-hydrogen) atoms. The Kier molecular flexibility index (Phi) is 6.03. The Labute approximate surface area is 145 Å². The summed E-state index contributed by atoms with van der Waals surface area (Å²) in [5.41, 5.74) is 0. The van der Waals surface area contributed by atoms with Crippen LogP contribution in [-0.4, -0.2) is 59.0 Å². The second-order valence-electron chi connectivity index (χ2n) is 5.97. The highest BCUT2D eigenvalue weighted by atomic mass is 32.2. The SMILES string of the molecule is O=C(Nc1ccc(SCCCC(=O)N2CCOCC2)nn1)C1CC1. The van der Waals surface area contributed by atoms with Crippen LogP contribution in [0.5, 0.6) is 0 Å². The molecule has 0 spiro atoms. The number of nitrogens with zero attached hydrogens (tertiary/aromatic N) is 3. The van der Waals surface area contributed by atoms with Crippen molar-refractivity contribution in [3.05, 3.63) is 12.1 Å². The molecule has 3 rings (SSSR count). The van der Waals surface area contributed by atoms with Crippen LogP contribution >= 0.6 is 11.8 Å². The lowest BCUT2D eigenvalue weighted by molar-refractivity contribution is -0.135. The van der Waals surface area contributed by atoms with Crippen LogP contribution in [0, 0.1) is 5.92 Å². The molecule has 2 amide bonds. The molecule has 8 heteroatoms. The van der Waals surface area contributed by atoms with Gasteiger partial charge in [0.15, 0.2) is 5.82 Å². The predicted molar refractivity (Wildman–Crippen MR) is 90.7 cm³/mol. The zero-order valence-corrected chi connectivity index (χ0v) is 14.4. The average Bonchev–Trinajstić information content (AvgIpc) is 3.46. The van der Waals surface area contributed by atoms with E-state index in [0.717, 1.165) is 30.0 Å². The van der Waals surface area contributed by atoms with Crippen LogP contribution < -0.4 is 5.32 Å². The molecule has 1 saturated heterocycles. The summed E-state index contributed by atoms with van der Waals surface area (Å²) in [5, 5.41) is 11.7. The molecule has 1 aromatic rings. The van der Waals surface area contributed by atoms with Crippen molar-refractivity contribution in [2.24, 2.45) is 5.92 Å². The summed E-state index contributed by atoms with van der Waals surface area (Å²) in [6.07, 6.45) is 3.30. The van der Waals surface area contributed by atoms with Gasteiger partial charge in [0.25, 0.3) is 0 Å². The number of ether oxygens (including phenoxy) is 1. The number of carbonyl (C=O) groups is 2. The molecule has 1 aliphatic carbocycles. The smallest absolute Gasteiger partial charge is 0.228 e. The molecule has 2 aliphatic rings. The van der Waals surface area contributed by atoms with Gasteiger partial charge >= 0.3 is 0 Å². The molecule has 0 unspecified atom stereocenters. The summed E-state index contributed by atoms with van der Waals surface area (Å²) in [4.78, 5) is 25.5. The minimum atomic E-state index is 0.0336. The van der Waals surface area contributed by atoms with Crippen molar-refractivity contribution >= 4 is 29.4 Å². The first-order chi connectivity index (χ1) is 11.7. The Morgan fingerprint density at radius 2 is 2.04 bits per heavy atom. The topological polar surface area (TPSA) is 84.4 Å². The van der Waals surface area contributed by atoms with Gasteiger partial charge in [0.1, 0.15) is 5.03 Å². The number of rotatable bonds is 7. The highest BCUT2D eigenvalue weighted by Gasteiger charge is 2.29. The standard InChI is InChI=1S/C16H22N4O3S/c21-15(20-7-9-23-10-8-20)2-1-11-24-14-6-5-13(18-19-14)17-16(22)12-3-4-12/h5-6,12H,1-4,7-11H2,(H,17,18,22). The molecule has 0 atom stereocenters. The van der Waals surface area contributed by atoms with Crippen molar-refractivity contribution in [3.63, 3.8) is 0 Å². The molecule has 2 heterocycles. The van der Waals surface area contributed by atoms with Gasteiger partial charge in [0.05, 0.1) is 13.2 Å². The zero-order valence-electron chi connectivity index (χ0n) is 13.6. The zero-order chi connectivity index (χ0) is 16.8. The number of carbonyl (C=O) groups excluding carboxylic acids is 2. The minimum Gasteiger partial charge on any atom is -0.378 e. The molecule has 0 bridgehead atoms. The third-order valence-corrected chi connectivity index (χ3v) is 4.99. The molecule has 1 saturated carbocycles. The fourth-order valence-corrected chi connectivity index (χ4v) is 3.17. The number of aromatic nitrogens is 2.